The monoisotopic (exact) mass is 210 g/mol. The first-order valence-corrected chi connectivity index (χ1v) is 5.07. The molecule has 84 valence electrons. The summed E-state index contributed by atoms with van der Waals surface area (Å²) in [6, 6.07) is 7.35. The highest BCUT2D eigenvalue weighted by atomic mass is 16.7. The summed E-state index contributed by atoms with van der Waals surface area (Å²) >= 11 is 0. The van der Waals surface area contributed by atoms with Gasteiger partial charge in [-0.25, -0.2) is 0 Å². The number of ether oxygens (including phenoxy) is 2. The van der Waals surface area contributed by atoms with Gasteiger partial charge in [0.2, 0.25) is 0 Å². The number of rotatable bonds is 5. The van der Waals surface area contributed by atoms with Gasteiger partial charge in [0.1, 0.15) is 5.75 Å². The Bertz CT molecular complexity index is 285. The fourth-order valence-corrected chi connectivity index (χ4v) is 1.15. The van der Waals surface area contributed by atoms with Crippen LogP contribution in [-0.4, -0.2) is 18.5 Å². The summed E-state index contributed by atoms with van der Waals surface area (Å²) in [6.07, 6.45) is 0. The summed E-state index contributed by atoms with van der Waals surface area (Å²) in [7, 11) is 0. The third kappa shape index (κ3) is 3.90. The third-order valence-electron chi connectivity index (χ3n) is 2.07. The maximum atomic E-state index is 9.73. The van der Waals surface area contributed by atoms with Gasteiger partial charge in [0, 0.05) is 6.61 Å². The molecule has 3 heteroatoms. The number of aliphatic hydroxyl groups is 1. The van der Waals surface area contributed by atoms with Crippen molar-refractivity contribution >= 4 is 0 Å². The fourth-order valence-electron chi connectivity index (χ4n) is 1.15. The van der Waals surface area contributed by atoms with Gasteiger partial charge in [0.25, 0.3) is 0 Å². The summed E-state index contributed by atoms with van der Waals surface area (Å²) < 4.78 is 10.4. The average molecular weight is 210 g/mol. The van der Waals surface area contributed by atoms with Gasteiger partial charge in [0.05, 0.1) is 5.60 Å². The van der Waals surface area contributed by atoms with Crippen LogP contribution in [0, 0.1) is 0 Å². The van der Waals surface area contributed by atoms with Gasteiger partial charge in [0.15, 0.2) is 6.79 Å². The Morgan fingerprint density at radius 1 is 1.20 bits per heavy atom. The van der Waals surface area contributed by atoms with Crippen LogP contribution in [0.4, 0.5) is 0 Å². The largest absolute Gasteiger partial charge is 0.468 e. The highest BCUT2D eigenvalue weighted by Gasteiger charge is 2.15. The smallest absolute Gasteiger partial charge is 0.189 e. The molecule has 0 heterocycles. The molecule has 0 saturated carbocycles. The summed E-state index contributed by atoms with van der Waals surface area (Å²) in [5.74, 6) is 0.747. The van der Waals surface area contributed by atoms with Crippen LogP contribution in [-0.2, 0) is 10.3 Å². The minimum absolute atomic E-state index is 0.262. The molecule has 0 spiro atoms. The molecule has 0 amide bonds. The summed E-state index contributed by atoms with van der Waals surface area (Å²) in [5.41, 5.74) is 0.0598. The molecular formula is C12H18O3. The minimum Gasteiger partial charge on any atom is -0.468 e. The Balaban J connectivity index is 2.57. The molecule has 1 rings (SSSR count). The molecule has 0 aromatic heterocycles. The van der Waals surface area contributed by atoms with E-state index in [2.05, 4.69) is 0 Å². The fraction of sp³-hybridized carbons (Fsp3) is 0.500. The molecule has 0 saturated heterocycles. The first-order chi connectivity index (χ1) is 7.04. The van der Waals surface area contributed by atoms with Crippen molar-refractivity contribution in [3.8, 4) is 5.75 Å². The molecule has 15 heavy (non-hydrogen) atoms. The lowest BCUT2D eigenvalue weighted by atomic mass is 9.99. The lowest BCUT2D eigenvalue weighted by Crippen LogP contribution is -2.15. The van der Waals surface area contributed by atoms with E-state index in [-0.39, 0.29) is 6.79 Å². The Hall–Kier alpha value is -1.06. The second-order valence-electron chi connectivity index (χ2n) is 3.84. The van der Waals surface area contributed by atoms with Gasteiger partial charge >= 0.3 is 0 Å². The van der Waals surface area contributed by atoms with Gasteiger partial charge in [-0.3, -0.25) is 0 Å². The molecule has 0 aliphatic heterocycles. The zero-order valence-electron chi connectivity index (χ0n) is 9.49. The maximum absolute atomic E-state index is 9.73. The molecule has 3 nitrogen and oxygen atoms in total. The van der Waals surface area contributed by atoms with Crippen LogP contribution in [0.1, 0.15) is 26.3 Å². The molecule has 0 aliphatic carbocycles. The van der Waals surface area contributed by atoms with Gasteiger partial charge < -0.3 is 14.6 Å². The predicted molar refractivity (Wildman–Crippen MR) is 58.8 cm³/mol. The maximum Gasteiger partial charge on any atom is 0.189 e. The predicted octanol–water partition coefficient (Wildman–Crippen LogP) is 2.29. The van der Waals surface area contributed by atoms with Crippen molar-refractivity contribution in [3.63, 3.8) is 0 Å². The van der Waals surface area contributed by atoms with E-state index in [1.165, 1.54) is 0 Å². The number of hydrogen-bond acceptors (Lipinski definition) is 3. The average Bonchev–Trinajstić information content (AvgIpc) is 2.18. The first-order valence-electron chi connectivity index (χ1n) is 5.07. The van der Waals surface area contributed by atoms with Crippen molar-refractivity contribution in [2.24, 2.45) is 0 Å². The van der Waals surface area contributed by atoms with E-state index in [1.54, 1.807) is 13.8 Å². The van der Waals surface area contributed by atoms with Crippen molar-refractivity contribution < 1.29 is 14.6 Å². The summed E-state index contributed by atoms with van der Waals surface area (Å²) in [6.45, 7) is 6.33. The van der Waals surface area contributed by atoms with Gasteiger partial charge in [-0.05, 0) is 38.5 Å². The zero-order valence-corrected chi connectivity index (χ0v) is 9.49. The van der Waals surface area contributed by atoms with E-state index in [0.717, 1.165) is 11.3 Å². The van der Waals surface area contributed by atoms with Crippen LogP contribution >= 0.6 is 0 Å². The van der Waals surface area contributed by atoms with E-state index in [4.69, 9.17) is 9.47 Å². The van der Waals surface area contributed by atoms with Crippen molar-refractivity contribution in [2.45, 2.75) is 26.4 Å². The highest BCUT2D eigenvalue weighted by Crippen LogP contribution is 2.22. The summed E-state index contributed by atoms with van der Waals surface area (Å²) in [5, 5.41) is 9.73. The van der Waals surface area contributed by atoms with Crippen LogP contribution in [0.15, 0.2) is 24.3 Å². The standard InChI is InChI=1S/C12H18O3/c1-4-14-9-15-11-7-5-10(6-8-11)12(2,3)13/h5-8,13H,4,9H2,1-3H3. The molecule has 0 aliphatic rings. The first kappa shape index (κ1) is 12.0. The Labute approximate surface area is 90.6 Å². The third-order valence-corrected chi connectivity index (χ3v) is 2.07. The van der Waals surface area contributed by atoms with Gasteiger partial charge in [-0.2, -0.15) is 0 Å². The van der Waals surface area contributed by atoms with Gasteiger partial charge in [-0.1, -0.05) is 12.1 Å². The Morgan fingerprint density at radius 2 is 1.80 bits per heavy atom. The Morgan fingerprint density at radius 3 is 2.27 bits per heavy atom. The molecule has 0 atom stereocenters. The number of hydrogen-bond donors (Lipinski definition) is 1. The quantitative estimate of drug-likeness (QED) is 0.598. The molecule has 0 radical (unpaired) electrons. The van der Waals surface area contributed by atoms with Gasteiger partial charge in [-0.15, -0.1) is 0 Å². The molecule has 0 bridgehead atoms. The molecule has 1 N–H and O–H groups in total. The number of benzene rings is 1. The van der Waals surface area contributed by atoms with Crippen LogP contribution < -0.4 is 4.74 Å². The molecule has 0 unspecified atom stereocenters. The molecule has 1 aromatic rings. The normalized spacial score (nSPS) is 11.5. The topological polar surface area (TPSA) is 38.7 Å². The SMILES string of the molecule is CCOCOc1ccc(C(C)(C)O)cc1. The highest BCUT2D eigenvalue weighted by molar-refractivity contribution is 5.29. The zero-order chi connectivity index (χ0) is 11.3. The summed E-state index contributed by atoms with van der Waals surface area (Å²) in [4.78, 5) is 0. The van der Waals surface area contributed by atoms with Crippen molar-refractivity contribution in [1.82, 2.24) is 0 Å². The van der Waals surface area contributed by atoms with Crippen LogP contribution in [0.2, 0.25) is 0 Å². The second-order valence-corrected chi connectivity index (χ2v) is 3.84. The molecule has 0 fully saturated rings. The van der Waals surface area contributed by atoms with E-state index in [1.807, 2.05) is 31.2 Å². The molecular weight excluding hydrogens is 192 g/mol. The van der Waals surface area contributed by atoms with Crippen molar-refractivity contribution in [1.29, 1.82) is 0 Å². The lowest BCUT2D eigenvalue weighted by molar-refractivity contribution is 0.0223. The second kappa shape index (κ2) is 5.14. The van der Waals surface area contributed by atoms with E-state index in [9.17, 15) is 5.11 Å². The van der Waals surface area contributed by atoms with Crippen LogP contribution in [0.5, 0.6) is 5.75 Å². The Kier molecular flexibility index (Phi) is 4.12. The van der Waals surface area contributed by atoms with E-state index in [0.29, 0.717) is 6.61 Å². The van der Waals surface area contributed by atoms with E-state index >= 15 is 0 Å². The minimum atomic E-state index is -0.807. The van der Waals surface area contributed by atoms with Crippen molar-refractivity contribution in [3.05, 3.63) is 29.8 Å². The van der Waals surface area contributed by atoms with Crippen LogP contribution in [0.3, 0.4) is 0 Å². The van der Waals surface area contributed by atoms with E-state index < -0.39 is 5.60 Å². The van der Waals surface area contributed by atoms with Crippen molar-refractivity contribution in [2.75, 3.05) is 13.4 Å². The van der Waals surface area contributed by atoms with Crippen LogP contribution in [0.25, 0.3) is 0 Å². The lowest BCUT2D eigenvalue weighted by Gasteiger charge is -2.17. The molecule has 1 aromatic carbocycles.